The van der Waals surface area contributed by atoms with Gasteiger partial charge in [-0.2, -0.15) is 15.2 Å². The van der Waals surface area contributed by atoms with Gasteiger partial charge in [0.25, 0.3) is 0 Å². The lowest BCUT2D eigenvalue weighted by Gasteiger charge is -2.21. The summed E-state index contributed by atoms with van der Waals surface area (Å²) in [6, 6.07) is 9.47. The van der Waals surface area contributed by atoms with Crippen LogP contribution < -0.4 is 10.4 Å². The Morgan fingerprint density at radius 1 is 1.21 bits per heavy atom. The summed E-state index contributed by atoms with van der Waals surface area (Å²) in [5.74, 6) is -1.32. The first-order chi connectivity index (χ1) is 15.8. The van der Waals surface area contributed by atoms with Gasteiger partial charge in [0.1, 0.15) is 5.75 Å². The van der Waals surface area contributed by atoms with Crippen molar-refractivity contribution in [1.82, 2.24) is 0 Å². The number of aryl methyl sites for hydroxylation is 3. The summed E-state index contributed by atoms with van der Waals surface area (Å²) in [5, 5.41) is 29.9. The highest BCUT2D eigenvalue weighted by molar-refractivity contribution is 8.04. The number of rotatable bonds is 5. The van der Waals surface area contributed by atoms with E-state index < -0.39 is 5.97 Å². The molecule has 3 N–H and O–H groups in total. The van der Waals surface area contributed by atoms with Gasteiger partial charge >= 0.3 is 11.9 Å². The second-order valence-electron chi connectivity index (χ2n) is 8.29. The molecule has 0 fully saturated rings. The molecule has 0 bridgehead atoms. The molecule has 2 heterocycles. The van der Waals surface area contributed by atoms with E-state index in [1.54, 1.807) is 19.1 Å². The number of nitrogens with one attached hydrogen (secondary N) is 1. The van der Waals surface area contributed by atoms with E-state index in [-0.39, 0.29) is 27.5 Å². The predicted octanol–water partition coefficient (Wildman–Crippen LogP) is 4.14. The highest BCUT2D eigenvalue weighted by Crippen LogP contribution is 2.48. The zero-order valence-electron chi connectivity index (χ0n) is 18.1. The fourth-order valence-electron chi connectivity index (χ4n) is 4.16. The Hall–Kier alpha value is -3.59. The molecule has 33 heavy (non-hydrogen) atoms. The average molecular weight is 463 g/mol. The van der Waals surface area contributed by atoms with Gasteiger partial charge in [-0.25, -0.2) is 4.79 Å². The summed E-state index contributed by atoms with van der Waals surface area (Å²) in [6.45, 7) is 3.60. The molecular formula is C24H22N4O4S. The first-order valence-corrected chi connectivity index (χ1v) is 11.5. The molecule has 1 atom stereocenters. The number of hydrogen-bond donors (Lipinski definition) is 3. The number of phenolic OH excluding ortho intramolecular Hbond substituents is 1. The zero-order valence-corrected chi connectivity index (χ0v) is 18.9. The number of hydrogen-bond acceptors (Lipinski definition) is 7. The number of carboxylic acid groups (broad SMARTS) is 1. The van der Waals surface area contributed by atoms with Crippen LogP contribution in [-0.4, -0.2) is 33.5 Å². The summed E-state index contributed by atoms with van der Waals surface area (Å²) in [7, 11) is 0. The van der Waals surface area contributed by atoms with E-state index in [4.69, 9.17) is 0 Å². The Bertz CT molecular complexity index is 1300. The second kappa shape index (κ2) is 8.08. The third kappa shape index (κ3) is 3.78. The van der Waals surface area contributed by atoms with Crippen molar-refractivity contribution in [3.05, 3.63) is 63.6 Å². The minimum atomic E-state index is -0.966. The van der Waals surface area contributed by atoms with Gasteiger partial charge in [0, 0.05) is 10.8 Å². The van der Waals surface area contributed by atoms with Crippen molar-refractivity contribution >= 4 is 46.4 Å². The maximum absolute atomic E-state index is 13.0. The number of aromatic hydroxyl groups is 1. The van der Waals surface area contributed by atoms with Crippen molar-refractivity contribution in [3.63, 3.8) is 0 Å². The summed E-state index contributed by atoms with van der Waals surface area (Å²) in [5.41, 5.74) is 8.58. The molecule has 0 radical (unpaired) electrons. The van der Waals surface area contributed by atoms with Gasteiger partial charge in [-0.15, -0.1) is 11.8 Å². The van der Waals surface area contributed by atoms with Gasteiger partial charge in [0.2, 0.25) is 0 Å². The minimum absolute atomic E-state index is 0.0123. The molecule has 0 aromatic heterocycles. The number of allylic oxidation sites excluding steroid dienone is 1. The molecule has 2 aromatic carbocycles. The fraction of sp³-hybridized carbons (Fsp3) is 0.250. The number of aliphatic carboxylic acids is 1. The Kier molecular flexibility index (Phi) is 5.20. The average Bonchev–Trinajstić information content (AvgIpc) is 3.35. The standard InChI is InChI=1S/C24H22N4O4S/c1-12-9-17(19-7-8-20(33-19)24(31)32)22(29)18(10-12)25-26-21-13(2)27-28(23(21)30)16-6-5-14-3-4-15(14)11-16/h5-6,8-11,19,25,29H,3-4,7H2,1-2H3,(H,31,32)/b26-21-. The molecule has 2 aromatic rings. The molecule has 0 saturated heterocycles. The third-order valence-electron chi connectivity index (χ3n) is 6.00. The molecule has 0 spiro atoms. The van der Waals surface area contributed by atoms with E-state index in [9.17, 15) is 19.8 Å². The van der Waals surface area contributed by atoms with Crippen LogP contribution >= 0.6 is 11.8 Å². The molecule has 8 nitrogen and oxygen atoms in total. The SMILES string of the molecule is CC1=NN(c2ccc3c(c2)CC3)C(=O)/C1=N\Nc1cc(C)cc(C2CC=C(C(=O)O)S2)c1O. The van der Waals surface area contributed by atoms with E-state index in [2.05, 4.69) is 15.6 Å². The molecular weight excluding hydrogens is 440 g/mol. The maximum Gasteiger partial charge on any atom is 0.341 e. The van der Waals surface area contributed by atoms with Crippen LogP contribution in [0.25, 0.3) is 0 Å². The number of fused-ring (bicyclic) bond motifs is 1. The molecule has 3 aliphatic rings. The molecule has 1 amide bonds. The first kappa shape index (κ1) is 21.3. The monoisotopic (exact) mass is 462 g/mol. The summed E-state index contributed by atoms with van der Waals surface area (Å²) in [4.78, 5) is 24.5. The summed E-state index contributed by atoms with van der Waals surface area (Å²) >= 11 is 1.21. The smallest absolute Gasteiger partial charge is 0.341 e. The van der Waals surface area contributed by atoms with Crippen LogP contribution in [0.2, 0.25) is 0 Å². The van der Waals surface area contributed by atoms with Gasteiger partial charge in [-0.3, -0.25) is 10.2 Å². The number of amides is 1. The van der Waals surface area contributed by atoms with Crippen LogP contribution in [0, 0.1) is 6.92 Å². The number of anilines is 2. The highest BCUT2D eigenvalue weighted by Gasteiger charge is 2.32. The Labute approximate surface area is 194 Å². The molecule has 9 heteroatoms. The predicted molar refractivity (Wildman–Crippen MR) is 129 cm³/mol. The first-order valence-electron chi connectivity index (χ1n) is 10.6. The van der Waals surface area contributed by atoms with Crippen molar-refractivity contribution < 1.29 is 19.8 Å². The van der Waals surface area contributed by atoms with Gasteiger partial charge < -0.3 is 10.2 Å². The van der Waals surface area contributed by atoms with Crippen LogP contribution in [0.5, 0.6) is 5.75 Å². The molecule has 1 unspecified atom stereocenters. The van der Waals surface area contributed by atoms with Crippen molar-refractivity contribution in [2.45, 2.75) is 38.4 Å². The van der Waals surface area contributed by atoms with E-state index in [0.717, 1.165) is 18.4 Å². The molecule has 168 valence electrons. The highest BCUT2D eigenvalue weighted by atomic mass is 32.2. The van der Waals surface area contributed by atoms with Gasteiger partial charge in [0.15, 0.2) is 5.71 Å². The lowest BCUT2D eigenvalue weighted by atomic mass is 9.88. The Morgan fingerprint density at radius 3 is 2.67 bits per heavy atom. The molecule has 0 saturated carbocycles. The normalized spacial score (nSPS) is 20.4. The van der Waals surface area contributed by atoms with E-state index in [1.807, 2.05) is 31.2 Å². The van der Waals surface area contributed by atoms with E-state index >= 15 is 0 Å². The van der Waals surface area contributed by atoms with Gasteiger partial charge in [-0.1, -0.05) is 18.2 Å². The van der Waals surface area contributed by atoms with Crippen LogP contribution in [-0.2, 0) is 22.4 Å². The van der Waals surface area contributed by atoms with Crippen LogP contribution in [0.3, 0.4) is 0 Å². The van der Waals surface area contributed by atoms with Gasteiger partial charge in [0.05, 0.1) is 22.0 Å². The second-order valence-corrected chi connectivity index (χ2v) is 9.54. The van der Waals surface area contributed by atoms with Crippen LogP contribution in [0.1, 0.15) is 40.8 Å². The number of hydrazone groups is 2. The minimum Gasteiger partial charge on any atom is -0.505 e. The van der Waals surface area contributed by atoms with Crippen molar-refractivity contribution in [2.75, 3.05) is 10.4 Å². The fourth-order valence-corrected chi connectivity index (χ4v) is 5.26. The molecule has 2 aliphatic heterocycles. The number of phenols is 1. The Balaban J connectivity index is 1.37. The molecule has 5 rings (SSSR count). The van der Waals surface area contributed by atoms with Crippen LogP contribution in [0.4, 0.5) is 11.4 Å². The third-order valence-corrected chi connectivity index (χ3v) is 7.33. The summed E-state index contributed by atoms with van der Waals surface area (Å²) < 4.78 is 0. The quantitative estimate of drug-likeness (QED) is 0.455. The Morgan fingerprint density at radius 2 is 2.00 bits per heavy atom. The lowest BCUT2D eigenvalue weighted by Crippen LogP contribution is -2.28. The number of thioether (sulfide) groups is 1. The maximum atomic E-state index is 13.0. The number of carboxylic acids is 1. The van der Waals surface area contributed by atoms with E-state index in [0.29, 0.717) is 29.1 Å². The van der Waals surface area contributed by atoms with Crippen molar-refractivity contribution in [3.8, 4) is 5.75 Å². The number of carbonyl (C=O) groups is 2. The van der Waals surface area contributed by atoms with Crippen molar-refractivity contribution in [1.29, 1.82) is 0 Å². The van der Waals surface area contributed by atoms with E-state index in [1.165, 1.54) is 27.9 Å². The molecule has 1 aliphatic carbocycles. The summed E-state index contributed by atoms with van der Waals surface area (Å²) in [6.07, 6.45) is 4.25. The lowest BCUT2D eigenvalue weighted by molar-refractivity contribution is -0.131. The number of nitrogens with zero attached hydrogens (tertiary/aromatic N) is 3. The zero-order chi connectivity index (χ0) is 23.3. The largest absolute Gasteiger partial charge is 0.505 e. The van der Waals surface area contributed by atoms with Gasteiger partial charge in [-0.05, 0) is 68.0 Å². The van der Waals surface area contributed by atoms with Crippen molar-refractivity contribution in [2.24, 2.45) is 10.2 Å². The van der Waals surface area contributed by atoms with Crippen LogP contribution in [0.15, 0.2) is 51.5 Å². The number of carbonyl (C=O) groups excluding carboxylic acids is 1. The number of benzene rings is 2. The topological polar surface area (TPSA) is 115 Å².